The van der Waals surface area contributed by atoms with Crippen LogP contribution >= 0.6 is 0 Å². The lowest BCUT2D eigenvalue weighted by Gasteiger charge is -2.26. The summed E-state index contributed by atoms with van der Waals surface area (Å²) in [7, 11) is 0. The molecule has 0 radical (unpaired) electrons. The van der Waals surface area contributed by atoms with Crippen molar-refractivity contribution < 1.29 is 14.1 Å². The number of ether oxygens (including phenoxy) is 1. The highest BCUT2D eigenvalue weighted by molar-refractivity contribution is 5.74. The number of nitrogens with one attached hydrogen (secondary N) is 2. The van der Waals surface area contributed by atoms with Gasteiger partial charge in [0.05, 0.1) is 18.3 Å². The standard InChI is InChI=1S/C19H25N3O3/c1-4-16(18-12(2)22-25-13(18)3)21-19(23)20-11-14-9-10-24-17-8-6-5-7-15(14)17/h5-8,14,16H,4,9-11H2,1-3H3,(H2,20,21,23)/t14-,16+/m1/s1. The highest BCUT2D eigenvalue weighted by atomic mass is 16.5. The van der Waals surface area contributed by atoms with Crippen molar-refractivity contribution in [2.24, 2.45) is 0 Å². The molecular formula is C19H25N3O3. The van der Waals surface area contributed by atoms with Crippen molar-refractivity contribution in [2.45, 2.75) is 45.6 Å². The van der Waals surface area contributed by atoms with Gasteiger partial charge in [0.25, 0.3) is 0 Å². The van der Waals surface area contributed by atoms with Crippen LogP contribution in [0.5, 0.6) is 5.75 Å². The fraction of sp³-hybridized carbons (Fsp3) is 0.474. The van der Waals surface area contributed by atoms with Gasteiger partial charge in [-0.1, -0.05) is 30.3 Å². The third kappa shape index (κ3) is 3.78. The summed E-state index contributed by atoms with van der Waals surface area (Å²) in [6, 6.07) is 7.75. The Labute approximate surface area is 147 Å². The lowest BCUT2D eigenvalue weighted by Crippen LogP contribution is -2.40. The first-order valence-corrected chi connectivity index (χ1v) is 8.79. The Kier molecular flexibility index (Phi) is 5.26. The molecule has 6 nitrogen and oxygen atoms in total. The molecule has 2 heterocycles. The average molecular weight is 343 g/mol. The van der Waals surface area contributed by atoms with Crippen LogP contribution in [0, 0.1) is 13.8 Å². The summed E-state index contributed by atoms with van der Waals surface area (Å²) in [6.45, 7) is 7.07. The van der Waals surface area contributed by atoms with Crippen LogP contribution in [0.3, 0.4) is 0 Å². The molecule has 1 aliphatic heterocycles. The van der Waals surface area contributed by atoms with Gasteiger partial charge in [0.1, 0.15) is 11.5 Å². The van der Waals surface area contributed by atoms with E-state index in [1.165, 1.54) is 0 Å². The summed E-state index contributed by atoms with van der Waals surface area (Å²) >= 11 is 0. The monoisotopic (exact) mass is 343 g/mol. The number of carbonyl (C=O) groups excluding carboxylic acids is 1. The number of fused-ring (bicyclic) bond motifs is 1. The number of aromatic nitrogens is 1. The van der Waals surface area contributed by atoms with Gasteiger partial charge in [-0.15, -0.1) is 0 Å². The van der Waals surface area contributed by atoms with Gasteiger partial charge in [0.15, 0.2) is 0 Å². The molecule has 2 N–H and O–H groups in total. The number of amides is 2. The smallest absolute Gasteiger partial charge is 0.315 e. The Balaban J connectivity index is 1.60. The molecule has 2 amide bonds. The van der Waals surface area contributed by atoms with Crippen molar-refractivity contribution in [1.29, 1.82) is 0 Å². The number of nitrogens with zero attached hydrogens (tertiary/aromatic N) is 1. The summed E-state index contributed by atoms with van der Waals surface area (Å²) in [5, 5.41) is 10.0. The molecule has 0 aliphatic carbocycles. The Bertz CT molecular complexity index is 722. The first-order chi connectivity index (χ1) is 12.1. The number of aryl methyl sites for hydroxylation is 2. The van der Waals surface area contributed by atoms with Crippen LogP contribution < -0.4 is 15.4 Å². The van der Waals surface area contributed by atoms with E-state index < -0.39 is 0 Å². The maximum atomic E-state index is 12.4. The van der Waals surface area contributed by atoms with Gasteiger partial charge in [-0.2, -0.15) is 0 Å². The molecule has 0 saturated heterocycles. The van der Waals surface area contributed by atoms with Crippen molar-refractivity contribution >= 4 is 6.03 Å². The minimum absolute atomic E-state index is 0.103. The van der Waals surface area contributed by atoms with Gasteiger partial charge in [0, 0.05) is 18.0 Å². The summed E-state index contributed by atoms with van der Waals surface area (Å²) < 4.78 is 10.9. The van der Waals surface area contributed by atoms with Gasteiger partial charge < -0.3 is 19.9 Å². The molecule has 25 heavy (non-hydrogen) atoms. The third-order valence-corrected chi connectivity index (χ3v) is 4.74. The van der Waals surface area contributed by atoms with E-state index in [4.69, 9.17) is 9.26 Å². The molecule has 3 rings (SSSR count). The molecule has 1 aromatic carbocycles. The van der Waals surface area contributed by atoms with Gasteiger partial charge >= 0.3 is 6.03 Å². The molecule has 1 aromatic heterocycles. The molecule has 0 bridgehead atoms. The lowest BCUT2D eigenvalue weighted by atomic mass is 9.93. The zero-order chi connectivity index (χ0) is 17.8. The molecule has 0 saturated carbocycles. The normalized spacial score (nSPS) is 17.3. The predicted molar refractivity (Wildman–Crippen MR) is 94.8 cm³/mol. The molecule has 0 fully saturated rings. The van der Waals surface area contributed by atoms with Crippen molar-refractivity contribution in [2.75, 3.05) is 13.2 Å². The van der Waals surface area contributed by atoms with E-state index in [0.29, 0.717) is 13.2 Å². The van der Waals surface area contributed by atoms with E-state index >= 15 is 0 Å². The number of rotatable bonds is 5. The molecule has 2 aromatic rings. The predicted octanol–water partition coefficient (Wildman–Crippen LogP) is 3.61. The van der Waals surface area contributed by atoms with E-state index in [2.05, 4.69) is 21.9 Å². The lowest BCUT2D eigenvalue weighted by molar-refractivity contribution is 0.231. The average Bonchev–Trinajstić information content (AvgIpc) is 2.96. The first kappa shape index (κ1) is 17.3. The molecule has 2 atom stereocenters. The summed E-state index contributed by atoms with van der Waals surface area (Å²) in [6.07, 6.45) is 1.68. The molecular weight excluding hydrogens is 318 g/mol. The van der Waals surface area contributed by atoms with E-state index in [0.717, 1.165) is 41.2 Å². The summed E-state index contributed by atoms with van der Waals surface area (Å²) in [5.74, 6) is 1.95. The Morgan fingerprint density at radius 1 is 1.36 bits per heavy atom. The minimum Gasteiger partial charge on any atom is -0.493 e. The third-order valence-electron chi connectivity index (χ3n) is 4.74. The second-order valence-corrected chi connectivity index (χ2v) is 6.42. The zero-order valence-corrected chi connectivity index (χ0v) is 15.0. The van der Waals surface area contributed by atoms with Gasteiger partial charge in [0.2, 0.25) is 0 Å². The summed E-state index contributed by atoms with van der Waals surface area (Å²) in [5.41, 5.74) is 2.95. The molecule has 134 valence electrons. The van der Waals surface area contributed by atoms with Crippen molar-refractivity contribution in [3.63, 3.8) is 0 Å². The minimum atomic E-state index is -0.171. The van der Waals surface area contributed by atoms with Crippen LogP contribution in [-0.2, 0) is 0 Å². The highest BCUT2D eigenvalue weighted by Crippen LogP contribution is 2.32. The van der Waals surface area contributed by atoms with Gasteiger partial charge in [-0.3, -0.25) is 0 Å². The second kappa shape index (κ2) is 7.59. The van der Waals surface area contributed by atoms with Crippen LogP contribution in [0.15, 0.2) is 28.8 Å². The fourth-order valence-electron chi connectivity index (χ4n) is 3.42. The number of carbonyl (C=O) groups is 1. The number of para-hydroxylation sites is 1. The molecule has 1 aliphatic rings. The second-order valence-electron chi connectivity index (χ2n) is 6.42. The van der Waals surface area contributed by atoms with E-state index in [9.17, 15) is 4.79 Å². The maximum absolute atomic E-state index is 12.4. The van der Waals surface area contributed by atoms with E-state index in [-0.39, 0.29) is 18.0 Å². The zero-order valence-electron chi connectivity index (χ0n) is 15.0. The largest absolute Gasteiger partial charge is 0.493 e. The molecule has 0 unspecified atom stereocenters. The quantitative estimate of drug-likeness (QED) is 0.869. The number of urea groups is 1. The SMILES string of the molecule is CC[C@H](NC(=O)NC[C@H]1CCOc2ccccc21)c1c(C)noc1C. The number of hydrogen-bond donors (Lipinski definition) is 2. The van der Waals surface area contributed by atoms with Crippen LogP contribution in [0.2, 0.25) is 0 Å². The van der Waals surface area contributed by atoms with Crippen LogP contribution in [0.4, 0.5) is 4.79 Å². The van der Waals surface area contributed by atoms with Crippen LogP contribution in [0.25, 0.3) is 0 Å². The van der Waals surface area contributed by atoms with E-state index in [1.54, 1.807) is 0 Å². The van der Waals surface area contributed by atoms with E-state index in [1.807, 2.05) is 39.0 Å². The van der Waals surface area contributed by atoms with Gasteiger partial charge in [-0.05, 0) is 38.3 Å². The Morgan fingerprint density at radius 2 is 2.16 bits per heavy atom. The summed E-state index contributed by atoms with van der Waals surface area (Å²) in [4.78, 5) is 12.4. The van der Waals surface area contributed by atoms with Crippen molar-refractivity contribution in [3.8, 4) is 5.75 Å². The molecule has 6 heteroatoms. The van der Waals surface area contributed by atoms with Crippen LogP contribution in [0.1, 0.15) is 54.3 Å². The van der Waals surface area contributed by atoms with Crippen molar-refractivity contribution in [1.82, 2.24) is 15.8 Å². The Hall–Kier alpha value is -2.50. The fourth-order valence-corrected chi connectivity index (χ4v) is 3.42. The highest BCUT2D eigenvalue weighted by Gasteiger charge is 2.23. The number of hydrogen-bond acceptors (Lipinski definition) is 4. The van der Waals surface area contributed by atoms with Crippen molar-refractivity contribution in [3.05, 3.63) is 46.8 Å². The first-order valence-electron chi connectivity index (χ1n) is 8.79. The Morgan fingerprint density at radius 3 is 2.88 bits per heavy atom. The topological polar surface area (TPSA) is 76.4 Å². The maximum Gasteiger partial charge on any atom is 0.315 e. The van der Waals surface area contributed by atoms with Crippen LogP contribution in [-0.4, -0.2) is 24.3 Å². The number of benzene rings is 1. The van der Waals surface area contributed by atoms with Gasteiger partial charge in [-0.25, -0.2) is 4.79 Å². The molecule has 0 spiro atoms.